The molecule has 0 aromatic carbocycles. The molecule has 2 aromatic rings. The number of ether oxygens (including phenoxy) is 2. The highest BCUT2D eigenvalue weighted by atomic mass is 16.7. The van der Waals surface area contributed by atoms with Gasteiger partial charge in [-0.15, -0.1) is 0 Å². The van der Waals surface area contributed by atoms with E-state index >= 15 is 0 Å². The van der Waals surface area contributed by atoms with Crippen LogP contribution in [0.2, 0.25) is 0 Å². The van der Waals surface area contributed by atoms with Gasteiger partial charge in [0.2, 0.25) is 5.95 Å². The Morgan fingerprint density at radius 2 is 2.29 bits per heavy atom. The Hall–Kier alpha value is -1.93. The smallest absolute Gasteiger partial charge is 0.224 e. The van der Waals surface area contributed by atoms with Crippen molar-refractivity contribution >= 4 is 22.9 Å². The molecule has 4 rings (SSSR count). The van der Waals surface area contributed by atoms with Gasteiger partial charge in [0.15, 0.2) is 29.5 Å². The quantitative estimate of drug-likeness (QED) is 0.874. The van der Waals surface area contributed by atoms with Gasteiger partial charge in [-0.05, 0) is 19.3 Å². The Morgan fingerprint density at radius 3 is 3.00 bits per heavy atom. The summed E-state index contributed by atoms with van der Waals surface area (Å²) in [6.45, 7) is 2.51. The maximum absolute atomic E-state index is 5.83. The zero-order valence-electron chi connectivity index (χ0n) is 11.8. The van der Waals surface area contributed by atoms with Crippen LogP contribution in [0.25, 0.3) is 11.2 Å². The predicted octanol–water partition coefficient (Wildman–Crippen LogP) is 1.26. The van der Waals surface area contributed by atoms with Gasteiger partial charge in [0.05, 0.1) is 12.9 Å². The minimum atomic E-state index is -0.219. The molecule has 0 amide bonds. The molecule has 8 heteroatoms. The highest BCUT2D eigenvalue weighted by Crippen LogP contribution is 2.30. The first kappa shape index (κ1) is 12.8. The van der Waals surface area contributed by atoms with Crippen molar-refractivity contribution in [2.75, 3.05) is 17.7 Å². The third-order valence-electron chi connectivity index (χ3n) is 3.73. The van der Waals surface area contributed by atoms with Crippen molar-refractivity contribution in [3.05, 3.63) is 6.33 Å². The second kappa shape index (κ2) is 4.81. The summed E-state index contributed by atoms with van der Waals surface area (Å²) in [6.07, 6.45) is 4.45. The molecule has 112 valence electrons. The SMILES string of the molecule is CC[C@@H]1OC[C@H](n2cnc3c(NC4CC4)nc(N)nc32)O1. The largest absolute Gasteiger partial charge is 0.368 e. The molecule has 0 radical (unpaired) electrons. The lowest BCUT2D eigenvalue weighted by atomic mass is 10.4. The molecule has 0 unspecified atom stereocenters. The van der Waals surface area contributed by atoms with Crippen LogP contribution in [0, 0.1) is 0 Å². The van der Waals surface area contributed by atoms with Crippen LogP contribution in [0.5, 0.6) is 0 Å². The average Bonchev–Trinajstić information content (AvgIpc) is 3.01. The van der Waals surface area contributed by atoms with Crippen molar-refractivity contribution in [2.45, 2.75) is 44.7 Å². The summed E-state index contributed by atoms with van der Waals surface area (Å²) < 4.78 is 13.2. The zero-order valence-corrected chi connectivity index (χ0v) is 11.8. The highest BCUT2D eigenvalue weighted by molar-refractivity contribution is 5.84. The number of nitrogen functional groups attached to an aromatic ring is 1. The fraction of sp³-hybridized carbons (Fsp3) is 0.615. The van der Waals surface area contributed by atoms with Crippen LogP contribution in [0.4, 0.5) is 11.8 Å². The summed E-state index contributed by atoms with van der Waals surface area (Å²) in [4.78, 5) is 13.0. The van der Waals surface area contributed by atoms with Crippen molar-refractivity contribution < 1.29 is 9.47 Å². The summed E-state index contributed by atoms with van der Waals surface area (Å²) in [5, 5.41) is 3.34. The lowest BCUT2D eigenvalue weighted by Crippen LogP contribution is -2.13. The number of fused-ring (bicyclic) bond motifs is 1. The Balaban J connectivity index is 1.71. The van der Waals surface area contributed by atoms with Crippen LogP contribution in [0.1, 0.15) is 32.4 Å². The number of nitrogens with two attached hydrogens (primary N) is 1. The van der Waals surface area contributed by atoms with Crippen molar-refractivity contribution in [1.82, 2.24) is 19.5 Å². The number of anilines is 2. The van der Waals surface area contributed by atoms with Crippen molar-refractivity contribution in [3.63, 3.8) is 0 Å². The van der Waals surface area contributed by atoms with Crippen LogP contribution in [0.15, 0.2) is 6.33 Å². The number of hydrogen-bond donors (Lipinski definition) is 2. The van der Waals surface area contributed by atoms with E-state index in [1.54, 1.807) is 6.33 Å². The summed E-state index contributed by atoms with van der Waals surface area (Å²) in [6, 6.07) is 0.475. The Kier molecular flexibility index (Phi) is 2.93. The molecule has 3 heterocycles. The summed E-state index contributed by atoms with van der Waals surface area (Å²) in [5.74, 6) is 0.933. The van der Waals surface area contributed by atoms with Gasteiger partial charge >= 0.3 is 0 Å². The third-order valence-corrected chi connectivity index (χ3v) is 3.73. The normalized spacial score (nSPS) is 25.6. The molecule has 2 fully saturated rings. The van der Waals surface area contributed by atoms with Gasteiger partial charge in [-0.1, -0.05) is 6.92 Å². The lowest BCUT2D eigenvalue weighted by molar-refractivity contribution is -0.0715. The van der Waals surface area contributed by atoms with E-state index in [-0.39, 0.29) is 18.5 Å². The molecule has 0 bridgehead atoms. The van der Waals surface area contributed by atoms with E-state index < -0.39 is 0 Å². The average molecular weight is 290 g/mol. The first-order valence-electron chi connectivity index (χ1n) is 7.28. The second-order valence-electron chi connectivity index (χ2n) is 5.43. The molecule has 1 saturated carbocycles. The molecule has 0 spiro atoms. The molecule has 1 saturated heterocycles. The molecule has 2 atom stereocenters. The molecule has 3 N–H and O–H groups in total. The van der Waals surface area contributed by atoms with Crippen LogP contribution in [-0.2, 0) is 9.47 Å². The summed E-state index contributed by atoms with van der Waals surface area (Å²) in [7, 11) is 0. The van der Waals surface area contributed by atoms with Gasteiger partial charge in [0.1, 0.15) is 0 Å². The number of nitrogens with one attached hydrogen (secondary N) is 1. The molecule has 2 aliphatic rings. The zero-order chi connectivity index (χ0) is 14.4. The van der Waals surface area contributed by atoms with Crippen LogP contribution >= 0.6 is 0 Å². The minimum absolute atomic E-state index is 0.171. The first-order chi connectivity index (χ1) is 10.2. The van der Waals surface area contributed by atoms with E-state index in [0.29, 0.717) is 24.1 Å². The minimum Gasteiger partial charge on any atom is -0.368 e. The fourth-order valence-electron chi connectivity index (χ4n) is 2.47. The molecule has 2 aromatic heterocycles. The summed E-state index contributed by atoms with van der Waals surface area (Å²) in [5.41, 5.74) is 7.22. The number of aromatic nitrogens is 4. The van der Waals surface area contributed by atoms with Gasteiger partial charge in [-0.2, -0.15) is 9.97 Å². The van der Waals surface area contributed by atoms with Gasteiger partial charge in [-0.3, -0.25) is 4.57 Å². The van der Waals surface area contributed by atoms with Crippen LogP contribution in [-0.4, -0.2) is 38.5 Å². The van der Waals surface area contributed by atoms with Crippen molar-refractivity contribution in [3.8, 4) is 0 Å². The maximum atomic E-state index is 5.83. The number of hydrogen-bond acceptors (Lipinski definition) is 7. The van der Waals surface area contributed by atoms with Crippen molar-refractivity contribution in [2.24, 2.45) is 0 Å². The van der Waals surface area contributed by atoms with Crippen molar-refractivity contribution in [1.29, 1.82) is 0 Å². The molecular weight excluding hydrogens is 272 g/mol. The van der Waals surface area contributed by atoms with E-state index in [1.165, 1.54) is 0 Å². The molecule has 1 aliphatic carbocycles. The Labute approximate surface area is 121 Å². The highest BCUT2D eigenvalue weighted by Gasteiger charge is 2.29. The predicted molar refractivity (Wildman–Crippen MR) is 76.5 cm³/mol. The van der Waals surface area contributed by atoms with E-state index in [0.717, 1.165) is 24.8 Å². The van der Waals surface area contributed by atoms with Crippen LogP contribution < -0.4 is 11.1 Å². The van der Waals surface area contributed by atoms with Crippen LogP contribution in [0.3, 0.4) is 0 Å². The molecule has 1 aliphatic heterocycles. The van der Waals surface area contributed by atoms with E-state index in [1.807, 2.05) is 11.5 Å². The van der Waals surface area contributed by atoms with Gasteiger partial charge in [0, 0.05) is 6.04 Å². The monoisotopic (exact) mass is 290 g/mol. The van der Waals surface area contributed by atoms with Gasteiger partial charge < -0.3 is 20.5 Å². The van der Waals surface area contributed by atoms with Gasteiger partial charge in [-0.25, -0.2) is 4.98 Å². The number of rotatable bonds is 4. The lowest BCUT2D eigenvalue weighted by Gasteiger charge is -2.12. The van der Waals surface area contributed by atoms with E-state index in [9.17, 15) is 0 Å². The molecular formula is C13H18N6O2. The van der Waals surface area contributed by atoms with E-state index in [4.69, 9.17) is 15.2 Å². The topological polar surface area (TPSA) is 100 Å². The maximum Gasteiger partial charge on any atom is 0.224 e. The molecule has 21 heavy (non-hydrogen) atoms. The Morgan fingerprint density at radius 1 is 1.43 bits per heavy atom. The second-order valence-corrected chi connectivity index (χ2v) is 5.43. The van der Waals surface area contributed by atoms with E-state index in [2.05, 4.69) is 20.3 Å². The third kappa shape index (κ3) is 2.30. The fourth-order valence-corrected chi connectivity index (χ4v) is 2.47. The Bertz CT molecular complexity index is 668. The first-order valence-corrected chi connectivity index (χ1v) is 7.28. The van der Waals surface area contributed by atoms with Gasteiger partial charge in [0.25, 0.3) is 0 Å². The molecule has 8 nitrogen and oxygen atoms in total. The number of nitrogens with zero attached hydrogens (tertiary/aromatic N) is 4. The number of imidazole rings is 1. The summed E-state index contributed by atoms with van der Waals surface area (Å²) >= 11 is 0. The standard InChI is InChI=1S/C13H18N6O2/c1-2-9-20-5-8(21-9)19-6-15-10-11(16-7-3-4-7)17-13(14)18-12(10)19/h6-9H,2-5H2,1H3,(H3,14,16,17,18)/t8-,9-/m1/s1.